The van der Waals surface area contributed by atoms with Crippen molar-refractivity contribution in [3.8, 4) is 28.5 Å². The number of anilines is 2. The van der Waals surface area contributed by atoms with Crippen LogP contribution in [0.5, 0.6) is 5.75 Å². The number of aromatic nitrogens is 5. The second-order valence-electron chi connectivity index (χ2n) is 20.5. The number of alkyl carbamates (subject to hydrolysis) is 1. The van der Waals surface area contributed by atoms with Crippen LogP contribution in [0.1, 0.15) is 60.5 Å². The molecule has 0 radical (unpaired) electrons. The van der Waals surface area contributed by atoms with Gasteiger partial charge in [-0.15, -0.1) is 0 Å². The van der Waals surface area contributed by atoms with Crippen LogP contribution in [0, 0.1) is 12.8 Å². The number of H-pyrrole nitrogens is 1. The zero-order valence-corrected chi connectivity index (χ0v) is 50.6. The number of aryl methyl sites for hydroxylation is 1. The summed E-state index contributed by atoms with van der Waals surface area (Å²) >= 11 is 6.08. The molecule has 10 N–H and O–H groups in total. The van der Waals surface area contributed by atoms with Crippen LogP contribution in [0.4, 0.5) is 21.0 Å². The summed E-state index contributed by atoms with van der Waals surface area (Å²) in [6, 6.07) is 19.3. The van der Waals surface area contributed by atoms with Crippen LogP contribution in [0.3, 0.4) is 0 Å². The molecule has 7 rings (SSSR count). The van der Waals surface area contributed by atoms with Gasteiger partial charge in [0, 0.05) is 48.3 Å². The Balaban J connectivity index is 0.814. The minimum absolute atomic E-state index is 0.0349. The van der Waals surface area contributed by atoms with E-state index in [0.29, 0.717) is 82.1 Å². The first-order chi connectivity index (χ1) is 43.4. The average molecular weight is 1260 g/mol. The highest BCUT2D eigenvalue weighted by Gasteiger charge is 2.29. The Bertz CT molecular complexity index is 3480. The van der Waals surface area contributed by atoms with Crippen LogP contribution >= 0.6 is 11.6 Å². The van der Waals surface area contributed by atoms with Gasteiger partial charge < -0.3 is 76.1 Å². The SMILES string of the molecule is Cc1cccc(-c2nc(CNc3ccc(Cl)c(C(=O)O)c3)[nH]c2-c2ccc3ncc(OCCNC(=O)OCc4ccc(NC(=O)C(CCCNC(N)=O)NC(=O)[C@@H](NC(=O)CCOCCOCCOCCOCCN5C(=O)C=CC5=O)C(C)C)cc4)cc3n2)n1. The van der Waals surface area contributed by atoms with Crippen LogP contribution < -0.4 is 42.4 Å². The fourth-order valence-corrected chi connectivity index (χ4v) is 8.94. The molecular formula is C61H72ClN13O15. The monoisotopic (exact) mass is 1260 g/mol. The van der Waals surface area contributed by atoms with Crippen molar-refractivity contribution in [1.82, 2.24) is 51.1 Å². The molecule has 4 aromatic heterocycles. The Labute approximate surface area is 522 Å². The lowest BCUT2D eigenvalue weighted by atomic mass is 10.0. The average Bonchev–Trinajstić information content (AvgIpc) is 1.63. The zero-order valence-electron chi connectivity index (χ0n) is 49.8. The number of imidazole rings is 1. The van der Waals surface area contributed by atoms with Gasteiger partial charge in [-0.25, -0.2) is 24.4 Å². The number of nitrogens with one attached hydrogen (secondary N) is 7. The summed E-state index contributed by atoms with van der Waals surface area (Å²) in [5.74, 6) is -2.90. The number of fused-ring (bicyclic) bond motifs is 1. The number of nitrogens with two attached hydrogens (primary N) is 1. The highest BCUT2D eigenvalue weighted by molar-refractivity contribution is 6.33. The largest absolute Gasteiger partial charge is 0.490 e. The number of aromatic carboxylic acids is 1. The fourth-order valence-electron chi connectivity index (χ4n) is 8.74. The second-order valence-corrected chi connectivity index (χ2v) is 20.9. The molecule has 0 fully saturated rings. The van der Waals surface area contributed by atoms with Gasteiger partial charge in [0.15, 0.2) is 0 Å². The number of halogens is 1. The van der Waals surface area contributed by atoms with Crippen LogP contribution in [0.2, 0.25) is 5.02 Å². The summed E-state index contributed by atoms with van der Waals surface area (Å²) in [5, 5.41) is 26.2. The minimum atomic E-state index is -1.15. The third-order valence-corrected chi connectivity index (χ3v) is 13.7. The lowest BCUT2D eigenvalue weighted by molar-refractivity contribution is -0.137. The molecule has 0 saturated carbocycles. The van der Waals surface area contributed by atoms with Crippen molar-refractivity contribution < 1.29 is 71.9 Å². The van der Waals surface area contributed by atoms with Crippen molar-refractivity contribution in [2.75, 3.05) is 89.7 Å². The summed E-state index contributed by atoms with van der Waals surface area (Å²) in [5.41, 5.74) is 10.9. The highest BCUT2D eigenvalue weighted by atomic mass is 35.5. The van der Waals surface area contributed by atoms with Gasteiger partial charge in [-0.2, -0.15) is 0 Å². The van der Waals surface area contributed by atoms with E-state index in [0.717, 1.165) is 10.6 Å². The summed E-state index contributed by atoms with van der Waals surface area (Å²) in [7, 11) is 0. The number of pyridine rings is 3. The van der Waals surface area contributed by atoms with Crippen LogP contribution in [-0.4, -0.2) is 174 Å². The quantitative estimate of drug-likeness (QED) is 0.0182. The topological polar surface area (TPSA) is 381 Å². The summed E-state index contributed by atoms with van der Waals surface area (Å²) < 4.78 is 33.2. The molecule has 8 amide bonds. The van der Waals surface area contributed by atoms with Gasteiger partial charge in [-0.3, -0.25) is 38.8 Å². The van der Waals surface area contributed by atoms with Gasteiger partial charge in [0.2, 0.25) is 17.7 Å². The van der Waals surface area contributed by atoms with E-state index in [1.54, 1.807) is 56.4 Å². The maximum Gasteiger partial charge on any atom is 0.407 e. The van der Waals surface area contributed by atoms with Crippen LogP contribution in [-0.2, 0) is 60.8 Å². The number of benzene rings is 2. The number of nitrogens with zero attached hydrogens (tertiary/aromatic N) is 5. The number of amides is 8. The summed E-state index contributed by atoms with van der Waals surface area (Å²) in [6.07, 6.45) is 3.62. The molecular weight excluding hydrogens is 1190 g/mol. The number of carboxylic acid groups (broad SMARTS) is 1. The van der Waals surface area contributed by atoms with E-state index in [9.17, 15) is 43.5 Å². The van der Waals surface area contributed by atoms with Gasteiger partial charge >= 0.3 is 18.1 Å². The first-order valence-corrected chi connectivity index (χ1v) is 29.3. The molecule has 1 aliphatic rings. The van der Waals surface area contributed by atoms with E-state index in [-0.39, 0.29) is 120 Å². The van der Waals surface area contributed by atoms with Crippen molar-refractivity contribution in [2.24, 2.45) is 11.7 Å². The number of carbonyl (C=O) groups excluding carboxylic acids is 7. The Morgan fingerprint density at radius 2 is 1.43 bits per heavy atom. The molecule has 0 spiro atoms. The Morgan fingerprint density at radius 1 is 0.733 bits per heavy atom. The molecule has 1 unspecified atom stereocenters. The number of carbonyl (C=O) groups is 8. The first kappa shape index (κ1) is 67.9. The normalized spacial score (nSPS) is 12.6. The van der Waals surface area contributed by atoms with Gasteiger partial charge in [0.1, 0.15) is 42.6 Å². The number of imide groups is 1. The number of primary amides is 1. The maximum absolute atomic E-state index is 13.7. The van der Waals surface area contributed by atoms with Crippen LogP contribution in [0.15, 0.2) is 97.2 Å². The number of aromatic amines is 1. The molecule has 1 aliphatic heterocycles. The Hall–Kier alpha value is -9.61. The number of hydrogen-bond donors (Lipinski definition) is 9. The predicted octanol–water partition coefficient (Wildman–Crippen LogP) is 5.05. The molecule has 6 aromatic rings. The van der Waals surface area contributed by atoms with Gasteiger partial charge in [0.25, 0.3) is 11.8 Å². The van der Waals surface area contributed by atoms with E-state index in [1.165, 1.54) is 24.3 Å². The van der Waals surface area contributed by atoms with E-state index in [4.69, 9.17) is 60.7 Å². The number of hydrogen-bond acceptors (Lipinski definition) is 19. The lowest BCUT2D eigenvalue weighted by Gasteiger charge is -2.25. The molecule has 478 valence electrons. The number of urea groups is 1. The number of ether oxygens (including phenoxy) is 6. The van der Waals surface area contributed by atoms with E-state index in [2.05, 4.69) is 41.9 Å². The van der Waals surface area contributed by atoms with Crippen molar-refractivity contribution in [1.29, 1.82) is 0 Å². The maximum atomic E-state index is 13.7. The number of carboxylic acids is 1. The minimum Gasteiger partial charge on any atom is -0.490 e. The molecule has 5 heterocycles. The Morgan fingerprint density at radius 3 is 2.12 bits per heavy atom. The smallest absolute Gasteiger partial charge is 0.407 e. The molecule has 90 heavy (non-hydrogen) atoms. The van der Waals surface area contributed by atoms with Crippen molar-refractivity contribution >= 4 is 81.6 Å². The van der Waals surface area contributed by atoms with Gasteiger partial charge in [0.05, 0.1) is 117 Å². The highest BCUT2D eigenvalue weighted by Crippen LogP contribution is 2.31. The summed E-state index contributed by atoms with van der Waals surface area (Å²) in [4.78, 5) is 122. The first-order valence-electron chi connectivity index (χ1n) is 28.9. The molecule has 2 aromatic carbocycles. The third-order valence-electron chi connectivity index (χ3n) is 13.4. The lowest BCUT2D eigenvalue weighted by Crippen LogP contribution is -2.54. The zero-order chi connectivity index (χ0) is 64.4. The van der Waals surface area contributed by atoms with Crippen molar-refractivity contribution in [3.63, 3.8) is 0 Å². The van der Waals surface area contributed by atoms with Crippen molar-refractivity contribution in [3.05, 3.63) is 125 Å². The second kappa shape index (κ2) is 34.8. The molecule has 0 saturated heterocycles. The van der Waals surface area contributed by atoms with Crippen molar-refractivity contribution in [2.45, 2.75) is 65.3 Å². The number of rotatable bonds is 37. The molecule has 28 nitrogen and oxygen atoms in total. The molecule has 29 heteroatoms. The predicted molar refractivity (Wildman–Crippen MR) is 329 cm³/mol. The van der Waals surface area contributed by atoms with E-state index < -0.39 is 47.9 Å². The fraction of sp³-hybridized carbons (Fsp3) is 0.377. The van der Waals surface area contributed by atoms with Gasteiger partial charge in [-0.1, -0.05) is 43.6 Å². The van der Waals surface area contributed by atoms with Gasteiger partial charge in [-0.05, 0) is 85.8 Å². The molecule has 0 bridgehead atoms. The molecule has 0 aliphatic carbocycles. The third kappa shape index (κ3) is 21.6. The Kier molecular flexibility index (Phi) is 26.3. The van der Waals surface area contributed by atoms with Crippen LogP contribution in [0.25, 0.3) is 33.8 Å². The van der Waals surface area contributed by atoms with E-state index in [1.807, 2.05) is 37.3 Å². The molecule has 2 atom stereocenters. The summed E-state index contributed by atoms with van der Waals surface area (Å²) in [6.45, 7) is 7.85. The van der Waals surface area contributed by atoms with E-state index >= 15 is 0 Å². The standard InChI is InChI=1S/C61H72ClN13O15/c1-37(2)54(74-51(76)19-23-85-26-28-87-30-31-88-29-27-86-25-22-75-52(77)17-18-53(75)78)58(80)71-48(8-5-20-64-60(63)83)57(79)69-40-11-9-39(10-12-40)36-90-61(84)65-21-24-89-42-33-49-45(67-34-42)15-16-47(70-49)56-55(46-7-4-6-38(3)68-46)72-50(73-56)35-66-41-13-14-44(62)43(32-41)59(81)82/h4,6-7,9-18,32-34,37,48,54,66H,5,8,19-31,35-36H2,1-3H3,(H,65,84)(H,69,79)(H,71,80)(H,72,73)(H,74,76)(H,81,82)(H3,63,64,83)/t48?,54-/m0/s1.